The Bertz CT molecular complexity index is 443. The summed E-state index contributed by atoms with van der Waals surface area (Å²) < 4.78 is 0. The molecule has 1 saturated carbocycles. The summed E-state index contributed by atoms with van der Waals surface area (Å²) in [7, 11) is 2.22. The molecule has 1 heterocycles. The molecular weight excluding hydrogens is 254 g/mol. The van der Waals surface area contributed by atoms with E-state index in [0.717, 1.165) is 18.8 Å². The summed E-state index contributed by atoms with van der Waals surface area (Å²) in [6.07, 6.45) is 8.82. The lowest BCUT2D eigenvalue weighted by atomic mass is 9.86. The summed E-state index contributed by atoms with van der Waals surface area (Å²) in [5.41, 5.74) is 7.48. The maximum Gasteiger partial charge on any atom is 0.185 e. The van der Waals surface area contributed by atoms with E-state index in [0.29, 0.717) is 6.04 Å². The second-order valence-electron chi connectivity index (χ2n) is 6.34. The van der Waals surface area contributed by atoms with Crippen LogP contribution in [0, 0.1) is 5.92 Å². The van der Waals surface area contributed by atoms with Crippen LogP contribution in [0.1, 0.15) is 62.1 Å². The molecule has 2 aliphatic carbocycles. The Morgan fingerprint density at radius 1 is 1.26 bits per heavy atom. The van der Waals surface area contributed by atoms with Gasteiger partial charge in [0.2, 0.25) is 0 Å². The molecule has 0 radical (unpaired) electrons. The van der Waals surface area contributed by atoms with E-state index in [4.69, 9.17) is 10.7 Å². The summed E-state index contributed by atoms with van der Waals surface area (Å²) in [4.78, 5) is 8.63. The molecule has 1 aromatic rings. The number of hydrogen-bond donors (Lipinski definition) is 1. The third-order valence-corrected chi connectivity index (χ3v) is 6.06. The van der Waals surface area contributed by atoms with Gasteiger partial charge in [-0.15, -0.1) is 0 Å². The van der Waals surface area contributed by atoms with Crippen LogP contribution >= 0.6 is 11.3 Å². The Labute approximate surface area is 120 Å². The summed E-state index contributed by atoms with van der Waals surface area (Å²) in [6, 6.07) is 0.904. The molecule has 0 bridgehead atoms. The van der Waals surface area contributed by atoms with Gasteiger partial charge in [-0.25, -0.2) is 4.98 Å². The van der Waals surface area contributed by atoms with Gasteiger partial charge in [0.05, 0.1) is 5.69 Å². The van der Waals surface area contributed by atoms with E-state index in [1.54, 1.807) is 0 Å². The minimum Gasteiger partial charge on any atom is -0.348 e. The SMILES string of the molecule is CC1CCCC(N(C)c2nc3c(s2)C(N)CCC3)C1. The van der Waals surface area contributed by atoms with Crippen LogP contribution in [0.5, 0.6) is 0 Å². The fourth-order valence-electron chi connectivity index (χ4n) is 3.50. The third kappa shape index (κ3) is 2.65. The van der Waals surface area contributed by atoms with Gasteiger partial charge in [0.25, 0.3) is 0 Å². The zero-order valence-electron chi connectivity index (χ0n) is 12.1. The van der Waals surface area contributed by atoms with Gasteiger partial charge < -0.3 is 10.6 Å². The molecule has 1 aromatic heterocycles. The van der Waals surface area contributed by atoms with Gasteiger partial charge in [0, 0.05) is 24.0 Å². The number of hydrogen-bond acceptors (Lipinski definition) is 4. The van der Waals surface area contributed by atoms with Gasteiger partial charge in [-0.1, -0.05) is 31.1 Å². The van der Waals surface area contributed by atoms with Crippen LogP contribution in [-0.2, 0) is 6.42 Å². The molecule has 3 nitrogen and oxygen atoms in total. The first kappa shape index (κ1) is 13.4. The smallest absolute Gasteiger partial charge is 0.185 e. The van der Waals surface area contributed by atoms with Gasteiger partial charge in [0.15, 0.2) is 5.13 Å². The number of nitrogens with two attached hydrogens (primary N) is 1. The van der Waals surface area contributed by atoms with Crippen LogP contribution in [0.4, 0.5) is 5.13 Å². The highest BCUT2D eigenvalue weighted by Gasteiger charge is 2.27. The van der Waals surface area contributed by atoms with E-state index in [-0.39, 0.29) is 6.04 Å². The Hall–Kier alpha value is -0.610. The third-order valence-electron chi connectivity index (χ3n) is 4.74. The van der Waals surface area contributed by atoms with Crippen LogP contribution in [0.2, 0.25) is 0 Å². The monoisotopic (exact) mass is 279 g/mol. The van der Waals surface area contributed by atoms with Crippen molar-refractivity contribution in [3.63, 3.8) is 0 Å². The Morgan fingerprint density at radius 2 is 2.11 bits per heavy atom. The lowest BCUT2D eigenvalue weighted by Gasteiger charge is -2.33. The van der Waals surface area contributed by atoms with Crippen molar-refractivity contribution < 1.29 is 0 Å². The van der Waals surface area contributed by atoms with Crippen molar-refractivity contribution >= 4 is 16.5 Å². The molecule has 2 N–H and O–H groups in total. The lowest BCUT2D eigenvalue weighted by Crippen LogP contribution is -2.35. The zero-order chi connectivity index (χ0) is 13.4. The number of nitrogens with zero attached hydrogens (tertiary/aromatic N) is 2. The second-order valence-corrected chi connectivity index (χ2v) is 7.35. The van der Waals surface area contributed by atoms with Crippen molar-refractivity contribution in [1.29, 1.82) is 0 Å². The Balaban J connectivity index is 1.78. The predicted octanol–water partition coefficient (Wildman–Crippen LogP) is 3.49. The lowest BCUT2D eigenvalue weighted by molar-refractivity contribution is 0.336. The minimum absolute atomic E-state index is 0.230. The van der Waals surface area contributed by atoms with E-state index in [9.17, 15) is 0 Å². The van der Waals surface area contributed by atoms with Crippen molar-refractivity contribution in [2.75, 3.05) is 11.9 Å². The fraction of sp³-hybridized carbons (Fsp3) is 0.800. The van der Waals surface area contributed by atoms with Gasteiger partial charge in [0.1, 0.15) is 0 Å². The van der Waals surface area contributed by atoms with Gasteiger partial charge in [-0.2, -0.15) is 0 Å². The van der Waals surface area contributed by atoms with Crippen molar-refractivity contribution in [3.05, 3.63) is 10.6 Å². The number of thiazole rings is 1. The van der Waals surface area contributed by atoms with Crippen LogP contribution in [-0.4, -0.2) is 18.1 Å². The molecule has 2 aliphatic rings. The molecule has 3 rings (SSSR count). The predicted molar refractivity (Wildman–Crippen MR) is 81.8 cm³/mol. The van der Waals surface area contributed by atoms with E-state index in [1.807, 2.05) is 11.3 Å². The molecule has 0 spiro atoms. The van der Waals surface area contributed by atoms with Crippen LogP contribution < -0.4 is 10.6 Å². The van der Waals surface area contributed by atoms with E-state index >= 15 is 0 Å². The summed E-state index contributed by atoms with van der Waals surface area (Å²) in [5.74, 6) is 0.859. The quantitative estimate of drug-likeness (QED) is 0.901. The van der Waals surface area contributed by atoms with E-state index < -0.39 is 0 Å². The summed E-state index contributed by atoms with van der Waals surface area (Å²) in [6.45, 7) is 2.38. The van der Waals surface area contributed by atoms with Crippen molar-refractivity contribution in [2.45, 2.75) is 64.0 Å². The number of aromatic nitrogens is 1. The van der Waals surface area contributed by atoms with E-state index in [1.165, 1.54) is 47.8 Å². The summed E-state index contributed by atoms with van der Waals surface area (Å²) >= 11 is 1.84. The highest BCUT2D eigenvalue weighted by atomic mass is 32.1. The second kappa shape index (κ2) is 5.41. The molecular formula is C15H25N3S. The highest BCUT2D eigenvalue weighted by molar-refractivity contribution is 7.15. The maximum atomic E-state index is 6.21. The average molecular weight is 279 g/mol. The fourth-order valence-corrected chi connectivity index (χ4v) is 4.68. The van der Waals surface area contributed by atoms with Gasteiger partial charge >= 0.3 is 0 Å². The van der Waals surface area contributed by atoms with Crippen molar-refractivity contribution in [3.8, 4) is 0 Å². The first-order chi connectivity index (χ1) is 9.15. The average Bonchev–Trinajstić information content (AvgIpc) is 2.83. The van der Waals surface area contributed by atoms with E-state index in [2.05, 4.69) is 18.9 Å². The number of aryl methyl sites for hydroxylation is 1. The van der Waals surface area contributed by atoms with Gasteiger partial charge in [-0.3, -0.25) is 0 Å². The molecule has 19 heavy (non-hydrogen) atoms. The van der Waals surface area contributed by atoms with Crippen molar-refractivity contribution in [1.82, 2.24) is 4.98 Å². The summed E-state index contributed by atoms with van der Waals surface area (Å²) in [5, 5.41) is 1.20. The first-order valence-electron chi connectivity index (χ1n) is 7.63. The van der Waals surface area contributed by atoms with Crippen LogP contribution in [0.3, 0.4) is 0 Å². The van der Waals surface area contributed by atoms with Crippen molar-refractivity contribution in [2.24, 2.45) is 11.7 Å². The van der Waals surface area contributed by atoms with Crippen LogP contribution in [0.25, 0.3) is 0 Å². The van der Waals surface area contributed by atoms with Crippen LogP contribution in [0.15, 0.2) is 0 Å². The number of fused-ring (bicyclic) bond motifs is 1. The molecule has 0 saturated heterocycles. The minimum atomic E-state index is 0.230. The molecule has 1 fully saturated rings. The molecule has 4 heteroatoms. The molecule has 0 aliphatic heterocycles. The molecule has 0 aromatic carbocycles. The topological polar surface area (TPSA) is 42.2 Å². The maximum absolute atomic E-state index is 6.21. The standard InChI is InChI=1S/C15H25N3S/c1-10-5-3-6-11(9-10)18(2)15-17-13-8-4-7-12(16)14(13)19-15/h10-12H,3-9,16H2,1-2H3. The number of anilines is 1. The Morgan fingerprint density at radius 3 is 2.84 bits per heavy atom. The molecule has 106 valence electrons. The molecule has 3 atom stereocenters. The normalized spacial score (nSPS) is 31.0. The highest BCUT2D eigenvalue weighted by Crippen LogP contribution is 2.38. The molecule has 3 unspecified atom stereocenters. The largest absolute Gasteiger partial charge is 0.348 e. The van der Waals surface area contributed by atoms with Gasteiger partial charge in [-0.05, 0) is 38.0 Å². The zero-order valence-corrected chi connectivity index (χ0v) is 12.9. The Kier molecular flexibility index (Phi) is 3.81. The first-order valence-corrected chi connectivity index (χ1v) is 8.45. The number of rotatable bonds is 2. The molecule has 0 amide bonds.